The van der Waals surface area contributed by atoms with Gasteiger partial charge in [0.15, 0.2) is 0 Å². The topological polar surface area (TPSA) is 20.3 Å². The minimum Gasteiger partial charge on any atom is -0.339 e. The molecule has 3 heteroatoms. The van der Waals surface area contributed by atoms with Crippen LogP contribution >= 0.6 is 15.9 Å². The van der Waals surface area contributed by atoms with E-state index in [0.717, 1.165) is 42.4 Å². The Morgan fingerprint density at radius 1 is 1.12 bits per heavy atom. The molecule has 0 saturated carbocycles. The van der Waals surface area contributed by atoms with E-state index in [9.17, 15) is 4.79 Å². The Morgan fingerprint density at radius 2 is 1.76 bits per heavy atom. The first kappa shape index (κ1) is 12.6. The minimum atomic E-state index is 0.196. The quantitative estimate of drug-likeness (QED) is 0.764. The first-order chi connectivity index (χ1) is 8.33. The Labute approximate surface area is 111 Å². The maximum Gasteiger partial charge on any atom is 0.254 e. The highest BCUT2D eigenvalue weighted by molar-refractivity contribution is 9.08. The number of amides is 1. The molecular formula is C14H18BrNO. The van der Waals surface area contributed by atoms with E-state index in [-0.39, 0.29) is 5.91 Å². The van der Waals surface area contributed by atoms with E-state index in [2.05, 4.69) is 15.9 Å². The van der Waals surface area contributed by atoms with Gasteiger partial charge in [0.25, 0.3) is 5.91 Å². The lowest BCUT2D eigenvalue weighted by atomic mass is 10.1. The first-order valence-electron chi connectivity index (χ1n) is 6.26. The van der Waals surface area contributed by atoms with Crippen molar-refractivity contribution < 1.29 is 4.79 Å². The number of benzene rings is 1. The predicted octanol–water partition coefficient (Wildman–Crippen LogP) is 3.60. The summed E-state index contributed by atoms with van der Waals surface area (Å²) in [6, 6.07) is 7.87. The lowest BCUT2D eigenvalue weighted by Gasteiger charge is -2.21. The highest BCUT2D eigenvalue weighted by atomic mass is 79.9. The van der Waals surface area contributed by atoms with Crippen molar-refractivity contribution >= 4 is 21.8 Å². The third kappa shape index (κ3) is 3.09. The smallest absolute Gasteiger partial charge is 0.254 e. The molecule has 1 aromatic rings. The third-order valence-corrected chi connectivity index (χ3v) is 3.89. The van der Waals surface area contributed by atoms with Gasteiger partial charge in [-0.05, 0) is 24.5 Å². The lowest BCUT2D eigenvalue weighted by molar-refractivity contribution is 0.0761. The Kier molecular flexibility index (Phi) is 4.60. The Bertz CT molecular complexity index is 384. The summed E-state index contributed by atoms with van der Waals surface area (Å²) in [6.45, 7) is 1.82. The fourth-order valence-electron chi connectivity index (χ4n) is 2.29. The Hall–Kier alpha value is -0.830. The minimum absolute atomic E-state index is 0.196. The van der Waals surface area contributed by atoms with Gasteiger partial charge in [-0.3, -0.25) is 4.79 Å². The molecule has 0 radical (unpaired) electrons. The summed E-state index contributed by atoms with van der Waals surface area (Å²) in [6.07, 6.45) is 4.79. The molecule has 0 atom stereocenters. The number of nitrogens with zero attached hydrogens (tertiary/aromatic N) is 1. The molecule has 0 unspecified atom stereocenters. The lowest BCUT2D eigenvalue weighted by Crippen LogP contribution is -2.32. The average molecular weight is 296 g/mol. The van der Waals surface area contributed by atoms with Crippen molar-refractivity contribution in [2.45, 2.75) is 31.0 Å². The molecule has 2 rings (SSSR count). The molecule has 1 amide bonds. The zero-order valence-corrected chi connectivity index (χ0v) is 11.6. The van der Waals surface area contributed by atoms with E-state index in [1.807, 2.05) is 29.2 Å². The van der Waals surface area contributed by atoms with Crippen molar-refractivity contribution in [3.05, 3.63) is 35.4 Å². The molecule has 2 nitrogen and oxygen atoms in total. The number of alkyl halides is 1. The summed E-state index contributed by atoms with van der Waals surface area (Å²) in [5, 5.41) is 0.739. The summed E-state index contributed by atoms with van der Waals surface area (Å²) in [5.41, 5.74) is 1.94. The van der Waals surface area contributed by atoms with E-state index in [1.165, 1.54) is 12.8 Å². The third-order valence-electron chi connectivity index (χ3n) is 3.29. The fourth-order valence-corrected chi connectivity index (χ4v) is 2.78. The molecule has 1 fully saturated rings. The van der Waals surface area contributed by atoms with Gasteiger partial charge in [0.2, 0.25) is 0 Å². The van der Waals surface area contributed by atoms with Gasteiger partial charge in [0.1, 0.15) is 0 Å². The molecule has 1 aromatic carbocycles. The number of likely N-dealkylation sites (tertiary alicyclic amines) is 1. The molecule has 1 heterocycles. The van der Waals surface area contributed by atoms with Crippen LogP contribution in [0.5, 0.6) is 0 Å². The van der Waals surface area contributed by atoms with Gasteiger partial charge in [0.05, 0.1) is 0 Å². The molecule has 0 aliphatic carbocycles. The Balaban J connectivity index is 2.17. The normalized spacial score (nSPS) is 16.6. The van der Waals surface area contributed by atoms with Gasteiger partial charge in [0, 0.05) is 24.0 Å². The second-order valence-electron chi connectivity index (χ2n) is 4.50. The Morgan fingerprint density at radius 3 is 2.41 bits per heavy atom. The van der Waals surface area contributed by atoms with Crippen molar-refractivity contribution in [3.63, 3.8) is 0 Å². The number of carbonyl (C=O) groups is 1. The van der Waals surface area contributed by atoms with Crippen LogP contribution in [0.3, 0.4) is 0 Å². The van der Waals surface area contributed by atoms with Gasteiger partial charge in [-0.1, -0.05) is 47.0 Å². The van der Waals surface area contributed by atoms with Crippen LogP contribution in [0.25, 0.3) is 0 Å². The van der Waals surface area contributed by atoms with Crippen LogP contribution in [0.15, 0.2) is 24.3 Å². The van der Waals surface area contributed by atoms with Gasteiger partial charge >= 0.3 is 0 Å². The highest BCUT2D eigenvalue weighted by Crippen LogP contribution is 2.17. The number of rotatable bonds is 2. The van der Waals surface area contributed by atoms with E-state index in [4.69, 9.17) is 0 Å². The number of hydrogen-bond acceptors (Lipinski definition) is 1. The summed E-state index contributed by atoms with van der Waals surface area (Å²) in [7, 11) is 0. The summed E-state index contributed by atoms with van der Waals surface area (Å²) in [5.74, 6) is 0.196. The molecule has 0 aromatic heterocycles. The van der Waals surface area contributed by atoms with Gasteiger partial charge in [-0.2, -0.15) is 0 Å². The van der Waals surface area contributed by atoms with Crippen LogP contribution in [0.4, 0.5) is 0 Å². The van der Waals surface area contributed by atoms with Crippen LogP contribution in [0.1, 0.15) is 41.6 Å². The standard InChI is InChI=1S/C14H18BrNO/c15-11-12-7-3-4-8-13(12)14(17)16-9-5-1-2-6-10-16/h3-4,7-8H,1-2,5-6,9-11H2. The van der Waals surface area contributed by atoms with Crippen LogP contribution in [-0.2, 0) is 5.33 Å². The van der Waals surface area contributed by atoms with Crippen molar-refractivity contribution in [2.24, 2.45) is 0 Å². The van der Waals surface area contributed by atoms with E-state index in [1.54, 1.807) is 0 Å². The SMILES string of the molecule is O=C(c1ccccc1CBr)N1CCCCCC1. The fraction of sp³-hybridized carbons (Fsp3) is 0.500. The molecule has 1 aliphatic heterocycles. The van der Waals surface area contributed by atoms with E-state index >= 15 is 0 Å². The second kappa shape index (κ2) is 6.20. The predicted molar refractivity (Wildman–Crippen MR) is 73.4 cm³/mol. The molecule has 0 N–H and O–H groups in total. The van der Waals surface area contributed by atoms with Crippen molar-refractivity contribution in [1.29, 1.82) is 0 Å². The summed E-state index contributed by atoms with van der Waals surface area (Å²) < 4.78 is 0. The molecule has 1 saturated heterocycles. The van der Waals surface area contributed by atoms with Crippen molar-refractivity contribution in [2.75, 3.05) is 13.1 Å². The van der Waals surface area contributed by atoms with Gasteiger partial charge in [-0.25, -0.2) is 0 Å². The average Bonchev–Trinajstić information content (AvgIpc) is 2.66. The molecule has 0 spiro atoms. The highest BCUT2D eigenvalue weighted by Gasteiger charge is 2.18. The van der Waals surface area contributed by atoms with Crippen LogP contribution < -0.4 is 0 Å². The van der Waals surface area contributed by atoms with E-state index < -0.39 is 0 Å². The molecular weight excluding hydrogens is 278 g/mol. The van der Waals surface area contributed by atoms with Gasteiger partial charge in [-0.15, -0.1) is 0 Å². The van der Waals surface area contributed by atoms with Crippen LogP contribution in [0, 0.1) is 0 Å². The second-order valence-corrected chi connectivity index (χ2v) is 5.06. The largest absolute Gasteiger partial charge is 0.339 e. The van der Waals surface area contributed by atoms with Crippen molar-refractivity contribution in [3.8, 4) is 0 Å². The van der Waals surface area contributed by atoms with Crippen molar-refractivity contribution in [1.82, 2.24) is 4.90 Å². The number of hydrogen-bond donors (Lipinski definition) is 0. The molecule has 1 aliphatic rings. The van der Waals surface area contributed by atoms with E-state index in [0.29, 0.717) is 0 Å². The van der Waals surface area contributed by atoms with Crippen LogP contribution in [-0.4, -0.2) is 23.9 Å². The van der Waals surface area contributed by atoms with Gasteiger partial charge < -0.3 is 4.90 Å². The zero-order chi connectivity index (χ0) is 12.1. The zero-order valence-electron chi connectivity index (χ0n) is 9.99. The molecule has 92 valence electrons. The maximum atomic E-state index is 12.4. The number of carbonyl (C=O) groups excluding carboxylic acids is 1. The number of halogens is 1. The van der Waals surface area contributed by atoms with Crippen LogP contribution in [0.2, 0.25) is 0 Å². The molecule has 17 heavy (non-hydrogen) atoms. The monoisotopic (exact) mass is 295 g/mol. The molecule has 0 bridgehead atoms. The maximum absolute atomic E-state index is 12.4. The first-order valence-corrected chi connectivity index (χ1v) is 7.38. The summed E-state index contributed by atoms with van der Waals surface area (Å²) in [4.78, 5) is 14.4. The summed E-state index contributed by atoms with van der Waals surface area (Å²) >= 11 is 3.45.